The van der Waals surface area contributed by atoms with Crippen LogP contribution in [-0.4, -0.2) is 5.78 Å². The van der Waals surface area contributed by atoms with E-state index in [1.807, 2.05) is 55.5 Å². The molecule has 0 aliphatic heterocycles. The molecule has 0 bridgehead atoms. The van der Waals surface area contributed by atoms with Crippen molar-refractivity contribution >= 4 is 17.2 Å². The first-order valence-electron chi connectivity index (χ1n) is 6.40. The summed E-state index contributed by atoms with van der Waals surface area (Å²) in [4.78, 5) is 11.2. The maximum absolute atomic E-state index is 11.2. The monoisotopic (exact) mass is 264 g/mol. The van der Waals surface area contributed by atoms with Crippen LogP contribution in [0.4, 0.5) is 11.4 Å². The lowest BCUT2D eigenvalue weighted by atomic mass is 10.1. The Bertz CT molecular complexity index is 625. The largest absolute Gasteiger partial charge is 0.295 e. The summed E-state index contributed by atoms with van der Waals surface area (Å²) in [6.45, 7) is 5.49. The number of carbonyl (C=O) groups is 1. The predicted octanol–water partition coefficient (Wildman–Crippen LogP) is 4.71. The average molecular weight is 264 g/mol. The fraction of sp³-hybridized carbons (Fsp3) is 0.118. The van der Waals surface area contributed by atoms with Crippen LogP contribution in [0.5, 0.6) is 0 Å². The molecule has 0 aromatic heterocycles. The molecule has 0 atom stereocenters. The summed E-state index contributed by atoms with van der Waals surface area (Å²) >= 11 is 0. The predicted molar refractivity (Wildman–Crippen MR) is 80.7 cm³/mol. The summed E-state index contributed by atoms with van der Waals surface area (Å²) in [5.41, 5.74) is 3.73. The third kappa shape index (κ3) is 3.99. The van der Waals surface area contributed by atoms with Gasteiger partial charge < -0.3 is 0 Å². The first-order valence-corrected chi connectivity index (χ1v) is 6.40. The Labute approximate surface area is 118 Å². The number of azo groups is 1. The molecule has 0 heterocycles. The molecule has 0 unspecified atom stereocenters. The van der Waals surface area contributed by atoms with E-state index in [1.165, 1.54) is 11.6 Å². The summed E-state index contributed by atoms with van der Waals surface area (Å²) in [6.07, 6.45) is 1.71. The molecule has 0 aliphatic carbocycles. The van der Waals surface area contributed by atoms with Crippen molar-refractivity contribution in [1.82, 2.24) is 0 Å². The van der Waals surface area contributed by atoms with Crippen molar-refractivity contribution < 1.29 is 4.79 Å². The van der Waals surface area contributed by atoms with Crippen LogP contribution in [0.3, 0.4) is 0 Å². The molecule has 3 heteroatoms. The zero-order chi connectivity index (χ0) is 14.4. The Morgan fingerprint density at radius 3 is 2.00 bits per heavy atom. The molecule has 2 aromatic rings. The summed E-state index contributed by atoms with van der Waals surface area (Å²) in [5, 5.41) is 8.33. The van der Waals surface area contributed by atoms with Gasteiger partial charge in [0.25, 0.3) is 0 Å². The number of nitrogens with zero attached hydrogens (tertiary/aromatic N) is 2. The molecule has 20 heavy (non-hydrogen) atoms. The van der Waals surface area contributed by atoms with Crippen LogP contribution >= 0.6 is 0 Å². The normalized spacial score (nSPS) is 10.7. The molecule has 0 fully saturated rings. The quantitative estimate of drug-likeness (QED) is 0.569. The van der Waals surface area contributed by atoms with Gasteiger partial charge in [0.05, 0.1) is 11.4 Å². The molecular formula is C17H16N2O. The number of hydrogen-bond donors (Lipinski definition) is 0. The van der Waals surface area contributed by atoms with Crippen LogP contribution < -0.4 is 0 Å². The first-order chi connectivity index (χ1) is 9.67. The second-order valence-corrected chi connectivity index (χ2v) is 4.55. The van der Waals surface area contributed by atoms with Gasteiger partial charge in [0.1, 0.15) is 0 Å². The maximum Gasteiger partial charge on any atom is 0.159 e. The van der Waals surface area contributed by atoms with Crippen LogP contribution in [0.2, 0.25) is 0 Å². The molecule has 0 amide bonds. The summed E-state index contributed by atoms with van der Waals surface area (Å²) < 4.78 is 0. The second-order valence-electron chi connectivity index (χ2n) is 4.55. The molecule has 0 N–H and O–H groups in total. The van der Waals surface area contributed by atoms with Crippen LogP contribution in [-0.2, 0) is 11.2 Å². The van der Waals surface area contributed by atoms with Crippen molar-refractivity contribution in [2.75, 3.05) is 0 Å². The highest BCUT2D eigenvalue weighted by atomic mass is 16.1. The Kier molecular flexibility index (Phi) is 4.56. The molecule has 0 radical (unpaired) electrons. The number of allylic oxidation sites excluding steroid dienone is 1. The highest BCUT2D eigenvalue weighted by Gasteiger charge is 1.99. The van der Waals surface area contributed by atoms with Gasteiger partial charge in [0, 0.05) is 6.42 Å². The molecule has 2 aromatic carbocycles. The Morgan fingerprint density at radius 2 is 1.50 bits per heavy atom. The zero-order valence-electron chi connectivity index (χ0n) is 11.4. The van der Waals surface area contributed by atoms with E-state index in [-0.39, 0.29) is 5.78 Å². The lowest BCUT2D eigenvalue weighted by Crippen LogP contribution is -1.96. The maximum atomic E-state index is 11.2. The topological polar surface area (TPSA) is 41.8 Å². The van der Waals surface area contributed by atoms with Gasteiger partial charge in [-0.15, -0.1) is 0 Å². The number of carbonyl (C=O) groups excluding carboxylic acids is 1. The fourth-order valence-electron chi connectivity index (χ4n) is 1.68. The lowest BCUT2D eigenvalue weighted by Gasteiger charge is -1.98. The number of benzene rings is 2. The SMILES string of the molecule is C=CC(=O)Cc1ccc(/N=N/c2ccc(C)cc2)cc1. The van der Waals surface area contributed by atoms with E-state index in [4.69, 9.17) is 0 Å². The van der Waals surface area contributed by atoms with Crippen molar-refractivity contribution in [2.24, 2.45) is 10.2 Å². The minimum Gasteiger partial charge on any atom is -0.295 e. The van der Waals surface area contributed by atoms with Crippen molar-refractivity contribution in [3.8, 4) is 0 Å². The van der Waals surface area contributed by atoms with E-state index in [0.29, 0.717) is 6.42 Å². The van der Waals surface area contributed by atoms with E-state index in [9.17, 15) is 4.79 Å². The van der Waals surface area contributed by atoms with Gasteiger partial charge in [-0.2, -0.15) is 10.2 Å². The number of ketones is 1. The molecule has 0 aliphatic rings. The average Bonchev–Trinajstić information content (AvgIpc) is 2.48. The van der Waals surface area contributed by atoms with E-state index in [2.05, 4.69) is 16.8 Å². The smallest absolute Gasteiger partial charge is 0.159 e. The van der Waals surface area contributed by atoms with Gasteiger partial charge >= 0.3 is 0 Å². The van der Waals surface area contributed by atoms with Gasteiger partial charge in [-0.1, -0.05) is 36.4 Å². The summed E-state index contributed by atoms with van der Waals surface area (Å²) in [7, 11) is 0. The Morgan fingerprint density at radius 1 is 1.00 bits per heavy atom. The first kappa shape index (κ1) is 13.9. The van der Waals surface area contributed by atoms with Crippen LogP contribution in [0.1, 0.15) is 11.1 Å². The van der Waals surface area contributed by atoms with Crippen LogP contribution in [0.15, 0.2) is 71.4 Å². The minimum absolute atomic E-state index is 0.0130. The standard InChI is InChI=1S/C17H16N2O/c1-3-17(20)12-14-6-10-16(11-7-14)19-18-15-8-4-13(2)5-9-15/h3-11H,1,12H2,2H3/b19-18+. The molecule has 0 saturated heterocycles. The van der Waals surface area contributed by atoms with Crippen LogP contribution in [0, 0.1) is 6.92 Å². The van der Waals surface area contributed by atoms with Gasteiger partial charge in [-0.05, 0) is 42.8 Å². The molecular weight excluding hydrogens is 248 g/mol. The number of aryl methyl sites for hydroxylation is 1. The third-order valence-corrected chi connectivity index (χ3v) is 2.86. The fourth-order valence-corrected chi connectivity index (χ4v) is 1.68. The molecule has 2 rings (SSSR count). The Hall–Kier alpha value is -2.55. The Balaban J connectivity index is 2.05. The third-order valence-electron chi connectivity index (χ3n) is 2.86. The zero-order valence-corrected chi connectivity index (χ0v) is 11.4. The number of rotatable bonds is 5. The van der Waals surface area contributed by atoms with Gasteiger partial charge in [0.2, 0.25) is 0 Å². The van der Waals surface area contributed by atoms with Gasteiger partial charge in [-0.25, -0.2) is 0 Å². The van der Waals surface area contributed by atoms with Crippen molar-refractivity contribution in [2.45, 2.75) is 13.3 Å². The van der Waals surface area contributed by atoms with Gasteiger partial charge in [0.15, 0.2) is 5.78 Å². The summed E-state index contributed by atoms with van der Waals surface area (Å²) in [5.74, 6) is 0.0130. The molecule has 100 valence electrons. The van der Waals surface area contributed by atoms with Crippen molar-refractivity contribution in [3.05, 3.63) is 72.3 Å². The number of hydrogen-bond acceptors (Lipinski definition) is 3. The van der Waals surface area contributed by atoms with E-state index < -0.39 is 0 Å². The van der Waals surface area contributed by atoms with Crippen molar-refractivity contribution in [1.29, 1.82) is 0 Å². The minimum atomic E-state index is 0.0130. The van der Waals surface area contributed by atoms with Crippen LogP contribution in [0.25, 0.3) is 0 Å². The molecule has 0 saturated carbocycles. The van der Waals surface area contributed by atoms with E-state index in [1.54, 1.807) is 0 Å². The molecule has 0 spiro atoms. The lowest BCUT2D eigenvalue weighted by molar-refractivity contribution is -0.114. The highest BCUT2D eigenvalue weighted by Crippen LogP contribution is 2.19. The summed E-state index contributed by atoms with van der Waals surface area (Å²) in [6, 6.07) is 15.3. The van der Waals surface area contributed by atoms with Gasteiger partial charge in [-0.3, -0.25) is 4.79 Å². The highest BCUT2D eigenvalue weighted by molar-refractivity contribution is 5.90. The van der Waals surface area contributed by atoms with E-state index in [0.717, 1.165) is 16.9 Å². The van der Waals surface area contributed by atoms with E-state index >= 15 is 0 Å². The molecule has 3 nitrogen and oxygen atoms in total. The van der Waals surface area contributed by atoms with Crippen molar-refractivity contribution in [3.63, 3.8) is 0 Å². The second kappa shape index (κ2) is 6.57.